The Labute approximate surface area is 90.5 Å². The molecule has 0 aromatic carbocycles. The summed E-state index contributed by atoms with van der Waals surface area (Å²) in [6.45, 7) is 3.80. The maximum absolute atomic E-state index is 11.9. The molecule has 1 saturated heterocycles. The zero-order valence-corrected chi connectivity index (χ0v) is 10.2. The van der Waals surface area contributed by atoms with Gasteiger partial charge in [-0.1, -0.05) is 0 Å². The molecule has 1 rings (SSSR count). The molecule has 0 saturated carbocycles. The lowest BCUT2D eigenvalue weighted by molar-refractivity contribution is -0.126. The standard InChI is InChI=1S/C9H18N2O3S/c1-9(2,10)6-15(13,14)7-4-5-11(3)8(7)12/h7H,4-6,10H2,1-3H3. The van der Waals surface area contributed by atoms with E-state index in [4.69, 9.17) is 5.73 Å². The van der Waals surface area contributed by atoms with Crippen LogP contribution in [0.5, 0.6) is 0 Å². The fourth-order valence-corrected chi connectivity index (χ4v) is 3.93. The molecular weight excluding hydrogens is 216 g/mol. The lowest BCUT2D eigenvalue weighted by Gasteiger charge is -2.20. The van der Waals surface area contributed by atoms with Crippen LogP contribution in [-0.2, 0) is 14.6 Å². The highest BCUT2D eigenvalue weighted by Crippen LogP contribution is 2.20. The largest absolute Gasteiger partial charge is 0.345 e. The Morgan fingerprint density at radius 2 is 2.07 bits per heavy atom. The van der Waals surface area contributed by atoms with Crippen molar-refractivity contribution in [3.05, 3.63) is 0 Å². The number of carbonyl (C=O) groups is 1. The second-order valence-electron chi connectivity index (χ2n) is 4.83. The van der Waals surface area contributed by atoms with Crippen LogP contribution in [0.3, 0.4) is 0 Å². The molecule has 0 radical (unpaired) electrons. The zero-order valence-electron chi connectivity index (χ0n) is 9.36. The van der Waals surface area contributed by atoms with Crippen LogP contribution in [0.2, 0.25) is 0 Å². The summed E-state index contributed by atoms with van der Waals surface area (Å²) in [7, 11) is -1.80. The van der Waals surface area contributed by atoms with Crippen LogP contribution in [0, 0.1) is 0 Å². The molecule has 1 fully saturated rings. The van der Waals surface area contributed by atoms with Gasteiger partial charge in [0, 0.05) is 19.1 Å². The van der Waals surface area contributed by atoms with E-state index in [1.807, 2.05) is 0 Å². The quantitative estimate of drug-likeness (QED) is 0.705. The van der Waals surface area contributed by atoms with Crippen molar-refractivity contribution in [3.8, 4) is 0 Å². The number of hydrogen-bond acceptors (Lipinski definition) is 4. The summed E-state index contributed by atoms with van der Waals surface area (Å²) < 4.78 is 23.8. The highest BCUT2D eigenvalue weighted by atomic mass is 32.2. The molecule has 0 aromatic rings. The molecule has 1 amide bonds. The van der Waals surface area contributed by atoms with Crippen LogP contribution < -0.4 is 5.73 Å². The highest BCUT2D eigenvalue weighted by Gasteiger charge is 2.41. The average Bonchev–Trinajstić information content (AvgIpc) is 2.27. The molecule has 1 aliphatic rings. The maximum atomic E-state index is 11.9. The Morgan fingerprint density at radius 3 is 2.40 bits per heavy atom. The van der Waals surface area contributed by atoms with E-state index in [1.165, 1.54) is 4.90 Å². The van der Waals surface area contributed by atoms with Crippen molar-refractivity contribution < 1.29 is 13.2 Å². The molecule has 5 nitrogen and oxygen atoms in total. The smallest absolute Gasteiger partial charge is 0.240 e. The van der Waals surface area contributed by atoms with Gasteiger partial charge in [0.05, 0.1) is 5.75 Å². The van der Waals surface area contributed by atoms with Gasteiger partial charge >= 0.3 is 0 Å². The lowest BCUT2D eigenvalue weighted by Crippen LogP contribution is -2.44. The van der Waals surface area contributed by atoms with Crippen molar-refractivity contribution in [1.82, 2.24) is 4.90 Å². The lowest BCUT2D eigenvalue weighted by atomic mass is 10.1. The summed E-state index contributed by atoms with van der Waals surface area (Å²) >= 11 is 0. The number of rotatable bonds is 3. The summed E-state index contributed by atoms with van der Waals surface area (Å²) in [5, 5.41) is -0.884. The molecular formula is C9H18N2O3S. The predicted octanol–water partition coefficient (Wildman–Crippen LogP) is -0.631. The molecule has 0 bridgehead atoms. The first-order chi connectivity index (χ1) is 6.63. The van der Waals surface area contributed by atoms with Gasteiger partial charge in [-0.2, -0.15) is 0 Å². The number of nitrogens with two attached hydrogens (primary N) is 1. The summed E-state index contributed by atoms with van der Waals surface area (Å²) in [4.78, 5) is 13.0. The van der Waals surface area contributed by atoms with Gasteiger partial charge in [-0.05, 0) is 20.3 Å². The third-order valence-electron chi connectivity index (χ3n) is 2.39. The number of nitrogens with zero attached hydrogens (tertiary/aromatic N) is 1. The second-order valence-corrected chi connectivity index (χ2v) is 7.02. The van der Waals surface area contributed by atoms with Gasteiger partial charge in [-0.3, -0.25) is 4.79 Å². The Balaban J connectivity index is 2.84. The summed E-state index contributed by atoms with van der Waals surface area (Å²) in [5.41, 5.74) is 4.87. The van der Waals surface area contributed by atoms with Crippen LogP contribution in [0.15, 0.2) is 0 Å². The molecule has 0 spiro atoms. The Bertz CT molecular complexity index is 356. The molecule has 1 unspecified atom stereocenters. The van der Waals surface area contributed by atoms with Gasteiger partial charge in [0.2, 0.25) is 5.91 Å². The normalized spacial score (nSPS) is 23.6. The first-order valence-electron chi connectivity index (χ1n) is 4.89. The fraction of sp³-hybridized carbons (Fsp3) is 0.889. The summed E-state index contributed by atoms with van der Waals surface area (Å²) in [6, 6.07) is 0. The molecule has 6 heteroatoms. The van der Waals surface area contributed by atoms with E-state index in [1.54, 1.807) is 20.9 Å². The number of carbonyl (C=O) groups excluding carboxylic acids is 1. The number of likely N-dealkylation sites (tertiary alicyclic amines) is 1. The molecule has 88 valence electrons. The second kappa shape index (κ2) is 3.75. The number of hydrogen-bond donors (Lipinski definition) is 1. The van der Waals surface area contributed by atoms with Gasteiger partial charge in [-0.25, -0.2) is 8.42 Å². The van der Waals surface area contributed by atoms with Crippen LogP contribution >= 0.6 is 0 Å². The van der Waals surface area contributed by atoms with Gasteiger partial charge < -0.3 is 10.6 Å². The van der Waals surface area contributed by atoms with Crippen LogP contribution in [-0.4, -0.2) is 49.4 Å². The van der Waals surface area contributed by atoms with E-state index in [0.29, 0.717) is 13.0 Å². The highest BCUT2D eigenvalue weighted by molar-refractivity contribution is 7.92. The third kappa shape index (κ3) is 2.92. The van der Waals surface area contributed by atoms with E-state index in [-0.39, 0.29) is 11.7 Å². The van der Waals surface area contributed by atoms with E-state index in [2.05, 4.69) is 0 Å². The van der Waals surface area contributed by atoms with Gasteiger partial charge in [0.1, 0.15) is 5.25 Å². The third-order valence-corrected chi connectivity index (χ3v) is 4.84. The topological polar surface area (TPSA) is 80.5 Å². The monoisotopic (exact) mass is 234 g/mol. The minimum Gasteiger partial charge on any atom is -0.345 e. The van der Waals surface area contributed by atoms with Gasteiger partial charge in [0.15, 0.2) is 9.84 Å². The number of amides is 1. The fourth-order valence-electron chi connectivity index (χ4n) is 1.74. The molecule has 15 heavy (non-hydrogen) atoms. The average molecular weight is 234 g/mol. The van der Waals surface area contributed by atoms with Crippen LogP contribution in [0.4, 0.5) is 0 Å². The molecule has 1 aliphatic heterocycles. The van der Waals surface area contributed by atoms with Crippen molar-refractivity contribution in [3.63, 3.8) is 0 Å². The first kappa shape index (κ1) is 12.4. The van der Waals surface area contributed by atoms with Crippen LogP contribution in [0.25, 0.3) is 0 Å². The predicted molar refractivity (Wildman–Crippen MR) is 58.1 cm³/mol. The zero-order chi connectivity index (χ0) is 11.9. The van der Waals surface area contributed by atoms with Gasteiger partial charge in [0.25, 0.3) is 0 Å². The van der Waals surface area contributed by atoms with E-state index in [0.717, 1.165) is 0 Å². The SMILES string of the molecule is CN1CCC(S(=O)(=O)CC(C)(C)N)C1=O. The van der Waals surface area contributed by atoms with Crippen molar-refractivity contribution in [1.29, 1.82) is 0 Å². The Hall–Kier alpha value is -0.620. The molecule has 2 N–H and O–H groups in total. The first-order valence-corrected chi connectivity index (χ1v) is 6.60. The molecule has 0 aromatic heterocycles. The van der Waals surface area contributed by atoms with Crippen molar-refractivity contribution in [2.45, 2.75) is 31.1 Å². The summed E-state index contributed by atoms with van der Waals surface area (Å²) in [6.07, 6.45) is 0.383. The molecule has 0 aliphatic carbocycles. The minimum atomic E-state index is -3.42. The van der Waals surface area contributed by atoms with E-state index < -0.39 is 20.6 Å². The minimum absolute atomic E-state index is 0.149. The Kier molecular flexibility index (Phi) is 3.11. The van der Waals surface area contributed by atoms with Crippen molar-refractivity contribution >= 4 is 15.7 Å². The molecule has 1 heterocycles. The van der Waals surface area contributed by atoms with Gasteiger partial charge in [-0.15, -0.1) is 0 Å². The van der Waals surface area contributed by atoms with Crippen molar-refractivity contribution in [2.24, 2.45) is 5.73 Å². The van der Waals surface area contributed by atoms with Crippen LogP contribution in [0.1, 0.15) is 20.3 Å². The Morgan fingerprint density at radius 1 is 1.53 bits per heavy atom. The molecule has 1 atom stereocenters. The van der Waals surface area contributed by atoms with E-state index >= 15 is 0 Å². The van der Waals surface area contributed by atoms with E-state index in [9.17, 15) is 13.2 Å². The summed E-state index contributed by atoms with van der Waals surface area (Å²) in [5.74, 6) is -0.455. The van der Waals surface area contributed by atoms with Crippen molar-refractivity contribution in [2.75, 3.05) is 19.3 Å². The maximum Gasteiger partial charge on any atom is 0.240 e. The number of sulfone groups is 1.